The molecule has 0 spiro atoms. The Balaban J connectivity index is 0.00000161. The summed E-state index contributed by atoms with van der Waals surface area (Å²) in [5.74, 6) is 1.64. The first-order chi connectivity index (χ1) is 9.72. The lowest BCUT2D eigenvalue weighted by molar-refractivity contribution is -0.116. The minimum atomic E-state index is -0.0164. The Bertz CT molecular complexity index is 519. The average molecular weight is 333 g/mol. The van der Waals surface area contributed by atoms with Crippen molar-refractivity contribution in [1.29, 1.82) is 0 Å². The molecular formula is C14H18Cl2N2O3. The molecule has 1 fully saturated rings. The topological polar surface area (TPSA) is 59.6 Å². The number of fused-ring (bicyclic) bond motifs is 1. The van der Waals surface area contributed by atoms with Gasteiger partial charge in [-0.25, -0.2) is 0 Å². The first-order valence-electron chi connectivity index (χ1n) is 6.82. The second-order valence-electron chi connectivity index (χ2n) is 5.09. The van der Waals surface area contributed by atoms with Gasteiger partial charge in [-0.1, -0.05) is 11.6 Å². The Labute approximate surface area is 134 Å². The molecule has 2 N–H and O–H groups in total. The van der Waals surface area contributed by atoms with Gasteiger partial charge in [-0.15, -0.1) is 12.4 Å². The van der Waals surface area contributed by atoms with Crippen molar-refractivity contribution in [1.82, 2.24) is 5.32 Å². The van der Waals surface area contributed by atoms with E-state index in [1.54, 1.807) is 12.1 Å². The number of anilines is 1. The lowest BCUT2D eigenvalue weighted by Gasteiger charge is -2.20. The SMILES string of the molecule is Cl.O=C(CC1CCNC1)Nc1cc2c(cc1Cl)OCCO2. The lowest BCUT2D eigenvalue weighted by Crippen LogP contribution is -2.19. The second-order valence-corrected chi connectivity index (χ2v) is 5.49. The van der Waals surface area contributed by atoms with Gasteiger partial charge in [0, 0.05) is 18.6 Å². The van der Waals surface area contributed by atoms with Crippen LogP contribution in [-0.2, 0) is 4.79 Å². The molecule has 1 aromatic rings. The minimum absolute atomic E-state index is 0. The van der Waals surface area contributed by atoms with Crippen LogP contribution in [0.5, 0.6) is 11.5 Å². The molecule has 5 nitrogen and oxygen atoms in total. The quantitative estimate of drug-likeness (QED) is 0.892. The van der Waals surface area contributed by atoms with Crippen LogP contribution in [-0.4, -0.2) is 32.2 Å². The molecule has 7 heteroatoms. The Morgan fingerprint density at radius 3 is 2.71 bits per heavy atom. The summed E-state index contributed by atoms with van der Waals surface area (Å²) in [6.07, 6.45) is 1.56. The van der Waals surface area contributed by atoms with Crippen LogP contribution < -0.4 is 20.1 Å². The number of rotatable bonds is 3. The number of nitrogens with one attached hydrogen (secondary N) is 2. The van der Waals surface area contributed by atoms with Crippen LogP contribution >= 0.6 is 24.0 Å². The highest BCUT2D eigenvalue weighted by Crippen LogP contribution is 2.38. The van der Waals surface area contributed by atoms with Gasteiger partial charge < -0.3 is 20.1 Å². The maximum atomic E-state index is 12.0. The highest BCUT2D eigenvalue weighted by Gasteiger charge is 2.20. The summed E-state index contributed by atoms with van der Waals surface area (Å²) in [5, 5.41) is 6.57. The summed E-state index contributed by atoms with van der Waals surface area (Å²) in [6, 6.07) is 3.41. The molecule has 1 unspecified atom stereocenters. The van der Waals surface area contributed by atoms with E-state index in [4.69, 9.17) is 21.1 Å². The zero-order valence-corrected chi connectivity index (χ0v) is 13.1. The fourth-order valence-corrected chi connectivity index (χ4v) is 2.71. The molecule has 0 saturated carbocycles. The predicted octanol–water partition coefficient (Wildman–Crippen LogP) is 2.47. The van der Waals surface area contributed by atoms with Crippen LogP contribution in [0.2, 0.25) is 5.02 Å². The van der Waals surface area contributed by atoms with Crippen LogP contribution in [0.3, 0.4) is 0 Å². The summed E-state index contributed by atoms with van der Waals surface area (Å²) >= 11 is 6.16. The average Bonchev–Trinajstić information content (AvgIpc) is 2.92. The molecule has 116 valence electrons. The molecule has 1 aromatic carbocycles. The van der Waals surface area contributed by atoms with Crippen molar-refractivity contribution in [2.24, 2.45) is 5.92 Å². The van der Waals surface area contributed by atoms with Crippen LogP contribution in [0.15, 0.2) is 12.1 Å². The molecule has 21 heavy (non-hydrogen) atoms. The third-order valence-corrected chi connectivity index (χ3v) is 3.86. The summed E-state index contributed by atoms with van der Waals surface area (Å²) in [7, 11) is 0. The zero-order chi connectivity index (χ0) is 13.9. The van der Waals surface area contributed by atoms with Crippen LogP contribution in [0.25, 0.3) is 0 Å². The highest BCUT2D eigenvalue weighted by molar-refractivity contribution is 6.34. The Kier molecular flexibility index (Phi) is 5.56. The summed E-state index contributed by atoms with van der Waals surface area (Å²) in [4.78, 5) is 12.0. The number of amides is 1. The predicted molar refractivity (Wildman–Crippen MR) is 83.9 cm³/mol. The molecule has 0 aliphatic carbocycles. The third-order valence-electron chi connectivity index (χ3n) is 3.54. The molecule has 1 amide bonds. The number of carbonyl (C=O) groups is 1. The maximum absolute atomic E-state index is 12.0. The van der Waals surface area contributed by atoms with E-state index in [-0.39, 0.29) is 18.3 Å². The molecule has 3 rings (SSSR count). The van der Waals surface area contributed by atoms with Crippen molar-refractivity contribution < 1.29 is 14.3 Å². The van der Waals surface area contributed by atoms with E-state index in [0.29, 0.717) is 47.8 Å². The van der Waals surface area contributed by atoms with Crippen molar-refractivity contribution in [2.75, 3.05) is 31.6 Å². The minimum Gasteiger partial charge on any atom is -0.486 e. The third kappa shape index (κ3) is 3.93. The molecule has 0 bridgehead atoms. The number of carbonyl (C=O) groups excluding carboxylic acids is 1. The van der Waals surface area contributed by atoms with Gasteiger partial charge in [-0.05, 0) is 25.4 Å². The van der Waals surface area contributed by atoms with E-state index < -0.39 is 0 Å². The summed E-state index contributed by atoms with van der Waals surface area (Å²) in [6.45, 7) is 2.92. The van der Waals surface area contributed by atoms with Gasteiger partial charge >= 0.3 is 0 Å². The van der Waals surface area contributed by atoms with E-state index in [2.05, 4.69) is 10.6 Å². The molecule has 2 aliphatic heterocycles. The molecule has 1 saturated heterocycles. The first kappa shape index (κ1) is 16.2. The van der Waals surface area contributed by atoms with Crippen molar-refractivity contribution in [3.8, 4) is 11.5 Å². The Morgan fingerprint density at radius 1 is 1.33 bits per heavy atom. The normalized spacial score (nSPS) is 19.8. The monoisotopic (exact) mass is 332 g/mol. The second kappa shape index (κ2) is 7.20. The van der Waals surface area contributed by atoms with Crippen molar-refractivity contribution >= 4 is 35.6 Å². The molecule has 0 radical (unpaired) electrons. The van der Waals surface area contributed by atoms with E-state index in [1.165, 1.54) is 0 Å². The molecule has 2 aliphatic rings. The Hall–Kier alpha value is -1.17. The Morgan fingerprint density at radius 2 is 2.05 bits per heavy atom. The number of ether oxygens (including phenoxy) is 2. The van der Waals surface area contributed by atoms with E-state index in [0.717, 1.165) is 19.5 Å². The van der Waals surface area contributed by atoms with Gasteiger partial charge in [0.1, 0.15) is 13.2 Å². The zero-order valence-electron chi connectivity index (χ0n) is 11.5. The van der Waals surface area contributed by atoms with Gasteiger partial charge in [0.2, 0.25) is 5.91 Å². The standard InChI is InChI=1S/C14H17ClN2O3.ClH/c15-10-6-12-13(20-4-3-19-12)7-11(10)17-14(18)5-9-1-2-16-8-9;/h6-7,9,16H,1-5,8H2,(H,17,18);1H. The van der Waals surface area contributed by atoms with Gasteiger partial charge in [-0.3, -0.25) is 4.79 Å². The van der Waals surface area contributed by atoms with Gasteiger partial charge in [0.05, 0.1) is 10.7 Å². The molecule has 0 aromatic heterocycles. The van der Waals surface area contributed by atoms with Gasteiger partial charge in [0.15, 0.2) is 11.5 Å². The van der Waals surface area contributed by atoms with Gasteiger partial charge in [-0.2, -0.15) is 0 Å². The van der Waals surface area contributed by atoms with Crippen LogP contribution in [0.4, 0.5) is 5.69 Å². The molecule has 2 heterocycles. The maximum Gasteiger partial charge on any atom is 0.224 e. The van der Waals surface area contributed by atoms with E-state index in [1.807, 2.05) is 0 Å². The number of hydrogen-bond acceptors (Lipinski definition) is 4. The molecule has 1 atom stereocenters. The van der Waals surface area contributed by atoms with E-state index >= 15 is 0 Å². The lowest BCUT2D eigenvalue weighted by atomic mass is 10.0. The summed E-state index contributed by atoms with van der Waals surface area (Å²) in [5.41, 5.74) is 0.576. The first-order valence-corrected chi connectivity index (χ1v) is 7.20. The smallest absolute Gasteiger partial charge is 0.224 e. The fourth-order valence-electron chi connectivity index (χ4n) is 2.51. The van der Waals surface area contributed by atoms with E-state index in [9.17, 15) is 4.79 Å². The summed E-state index contributed by atoms with van der Waals surface area (Å²) < 4.78 is 10.9. The molecular weight excluding hydrogens is 315 g/mol. The van der Waals surface area contributed by atoms with Crippen LogP contribution in [0, 0.1) is 5.92 Å². The van der Waals surface area contributed by atoms with Crippen LogP contribution in [0.1, 0.15) is 12.8 Å². The van der Waals surface area contributed by atoms with Gasteiger partial charge in [0.25, 0.3) is 0 Å². The highest BCUT2D eigenvalue weighted by atomic mass is 35.5. The fraction of sp³-hybridized carbons (Fsp3) is 0.500. The van der Waals surface area contributed by atoms with Crippen molar-refractivity contribution in [2.45, 2.75) is 12.8 Å². The number of halogens is 2. The van der Waals surface area contributed by atoms with Crippen molar-refractivity contribution in [3.63, 3.8) is 0 Å². The number of benzene rings is 1. The van der Waals surface area contributed by atoms with Crippen molar-refractivity contribution in [3.05, 3.63) is 17.2 Å². The number of hydrogen-bond donors (Lipinski definition) is 2. The largest absolute Gasteiger partial charge is 0.486 e.